The molecule has 41 heavy (non-hydrogen) atoms. The Labute approximate surface area is 240 Å². The standard InChI is InChI=1S/C33H37N3O5/c1-2-10-24(30(37)38)19-34-31(39)33(17-18-36(22-33)20-23-11-4-3-5-12-23)35-32(40)41-21-29-27-15-8-6-13-25(27)26-14-7-9-16-28(26)29/h3-9,11-16,24,29H,2,10,17-22H2,1H3,(H,34,39)(H,35,40)(H,37,38). The number of benzene rings is 3. The summed E-state index contributed by atoms with van der Waals surface area (Å²) in [5.41, 5.74) is 4.38. The second-order valence-corrected chi connectivity index (χ2v) is 11.0. The number of rotatable bonds is 11. The number of nitrogens with one attached hydrogen (secondary N) is 2. The van der Waals surface area contributed by atoms with E-state index in [4.69, 9.17) is 4.74 Å². The summed E-state index contributed by atoms with van der Waals surface area (Å²) in [7, 11) is 0. The topological polar surface area (TPSA) is 108 Å². The molecule has 3 aromatic rings. The molecule has 0 spiro atoms. The van der Waals surface area contributed by atoms with Crippen molar-refractivity contribution < 1.29 is 24.2 Å². The van der Waals surface area contributed by atoms with Crippen LogP contribution in [0.4, 0.5) is 4.79 Å². The van der Waals surface area contributed by atoms with Crippen LogP contribution < -0.4 is 10.6 Å². The van der Waals surface area contributed by atoms with Crippen LogP contribution in [0.1, 0.15) is 48.8 Å². The largest absolute Gasteiger partial charge is 0.481 e. The molecule has 8 nitrogen and oxygen atoms in total. The van der Waals surface area contributed by atoms with E-state index in [0.717, 1.165) is 27.8 Å². The fourth-order valence-electron chi connectivity index (χ4n) is 6.09. The number of fused-ring (bicyclic) bond motifs is 3. The number of carbonyl (C=O) groups is 3. The molecule has 5 rings (SSSR count). The van der Waals surface area contributed by atoms with E-state index in [1.165, 1.54) is 0 Å². The minimum atomic E-state index is -1.23. The normalized spacial score (nSPS) is 18.8. The first kappa shape index (κ1) is 28.4. The molecule has 0 saturated carbocycles. The maximum absolute atomic E-state index is 13.6. The molecule has 1 aliphatic heterocycles. The summed E-state index contributed by atoms with van der Waals surface area (Å²) in [6.45, 7) is 3.59. The fourth-order valence-corrected chi connectivity index (χ4v) is 6.09. The maximum Gasteiger partial charge on any atom is 0.408 e. The SMILES string of the molecule is CCCC(CNC(=O)C1(NC(=O)OCC2c3ccccc3-c3ccccc32)CCN(Cc2ccccc2)C1)C(=O)O. The lowest BCUT2D eigenvalue weighted by Crippen LogP contribution is -2.61. The van der Waals surface area contributed by atoms with E-state index in [9.17, 15) is 19.5 Å². The van der Waals surface area contributed by atoms with Gasteiger partial charge in [-0.3, -0.25) is 14.5 Å². The van der Waals surface area contributed by atoms with Crippen LogP contribution in [-0.4, -0.2) is 59.8 Å². The monoisotopic (exact) mass is 555 g/mol. The molecule has 3 N–H and O–H groups in total. The molecular formula is C33H37N3O5. The zero-order valence-electron chi connectivity index (χ0n) is 23.3. The van der Waals surface area contributed by atoms with Gasteiger partial charge in [-0.1, -0.05) is 92.2 Å². The molecule has 2 unspecified atom stereocenters. The van der Waals surface area contributed by atoms with Crippen molar-refractivity contribution in [3.05, 3.63) is 95.6 Å². The Bertz CT molecular complexity index is 1350. The zero-order chi connectivity index (χ0) is 28.8. The average Bonchev–Trinajstić information content (AvgIpc) is 3.53. The van der Waals surface area contributed by atoms with Crippen molar-refractivity contribution >= 4 is 18.0 Å². The van der Waals surface area contributed by atoms with E-state index >= 15 is 0 Å². The lowest BCUT2D eigenvalue weighted by atomic mass is 9.96. The maximum atomic E-state index is 13.6. The molecule has 2 amide bonds. The Morgan fingerprint density at radius 2 is 1.61 bits per heavy atom. The van der Waals surface area contributed by atoms with Crippen molar-refractivity contribution in [1.29, 1.82) is 0 Å². The lowest BCUT2D eigenvalue weighted by molar-refractivity contribution is -0.142. The summed E-state index contributed by atoms with van der Waals surface area (Å²) >= 11 is 0. The predicted octanol–water partition coefficient (Wildman–Crippen LogP) is 4.79. The second kappa shape index (κ2) is 12.6. The Kier molecular flexibility index (Phi) is 8.69. The summed E-state index contributed by atoms with van der Waals surface area (Å²) in [6, 6.07) is 26.2. The van der Waals surface area contributed by atoms with Crippen LogP contribution in [0.15, 0.2) is 78.9 Å². The average molecular weight is 556 g/mol. The molecule has 1 heterocycles. The first-order chi connectivity index (χ1) is 19.9. The molecule has 3 aromatic carbocycles. The number of carboxylic acids is 1. The first-order valence-electron chi connectivity index (χ1n) is 14.3. The van der Waals surface area contributed by atoms with Gasteiger partial charge in [-0.2, -0.15) is 0 Å². The van der Waals surface area contributed by atoms with Gasteiger partial charge in [0.05, 0.1) is 5.92 Å². The van der Waals surface area contributed by atoms with Gasteiger partial charge < -0.3 is 20.5 Å². The third kappa shape index (κ3) is 6.28. The number of nitrogens with zero attached hydrogens (tertiary/aromatic N) is 1. The lowest BCUT2D eigenvalue weighted by Gasteiger charge is -2.30. The third-order valence-electron chi connectivity index (χ3n) is 8.21. The number of hydrogen-bond donors (Lipinski definition) is 3. The molecular weight excluding hydrogens is 518 g/mol. The second-order valence-electron chi connectivity index (χ2n) is 11.0. The van der Waals surface area contributed by atoms with Gasteiger partial charge in [-0.05, 0) is 40.7 Å². The highest BCUT2D eigenvalue weighted by atomic mass is 16.5. The first-order valence-corrected chi connectivity index (χ1v) is 14.3. The van der Waals surface area contributed by atoms with Crippen LogP contribution >= 0.6 is 0 Å². The van der Waals surface area contributed by atoms with E-state index in [-0.39, 0.29) is 25.0 Å². The molecule has 1 fully saturated rings. The summed E-state index contributed by atoms with van der Waals surface area (Å²) < 4.78 is 5.79. The number of likely N-dealkylation sites (tertiary alicyclic amines) is 1. The number of ether oxygens (including phenoxy) is 1. The Hall–Kier alpha value is -4.17. The quantitative estimate of drug-likeness (QED) is 0.314. The molecule has 8 heteroatoms. The van der Waals surface area contributed by atoms with E-state index in [1.807, 2.05) is 61.5 Å². The Balaban J connectivity index is 1.29. The van der Waals surface area contributed by atoms with E-state index in [0.29, 0.717) is 38.9 Å². The number of alkyl carbamates (subject to hydrolysis) is 1. The minimum Gasteiger partial charge on any atom is -0.481 e. The highest BCUT2D eigenvalue weighted by molar-refractivity contribution is 5.91. The summed E-state index contributed by atoms with van der Waals surface area (Å²) in [5.74, 6) is -2.11. The number of aliphatic carboxylic acids is 1. The van der Waals surface area contributed by atoms with Gasteiger partial charge in [0.25, 0.3) is 0 Å². The van der Waals surface area contributed by atoms with Crippen LogP contribution in [0.3, 0.4) is 0 Å². The summed E-state index contributed by atoms with van der Waals surface area (Å²) in [4.78, 5) is 40.7. The van der Waals surface area contributed by atoms with E-state index in [2.05, 4.69) is 39.8 Å². The van der Waals surface area contributed by atoms with Crippen molar-refractivity contribution in [3.8, 4) is 11.1 Å². The zero-order valence-corrected chi connectivity index (χ0v) is 23.3. The van der Waals surface area contributed by atoms with Gasteiger partial charge in [-0.15, -0.1) is 0 Å². The summed E-state index contributed by atoms with van der Waals surface area (Å²) in [6.07, 6.45) is 0.886. The molecule has 1 saturated heterocycles. The van der Waals surface area contributed by atoms with Crippen molar-refractivity contribution in [3.63, 3.8) is 0 Å². The van der Waals surface area contributed by atoms with Crippen molar-refractivity contribution in [1.82, 2.24) is 15.5 Å². The van der Waals surface area contributed by atoms with Crippen molar-refractivity contribution in [2.45, 2.75) is 44.2 Å². The van der Waals surface area contributed by atoms with Crippen LogP contribution in [0.25, 0.3) is 11.1 Å². The Morgan fingerprint density at radius 1 is 0.976 bits per heavy atom. The highest BCUT2D eigenvalue weighted by Crippen LogP contribution is 2.44. The number of hydrogen-bond acceptors (Lipinski definition) is 5. The van der Waals surface area contributed by atoms with Gasteiger partial charge >= 0.3 is 12.1 Å². The van der Waals surface area contributed by atoms with Crippen molar-refractivity contribution in [2.24, 2.45) is 5.92 Å². The Morgan fingerprint density at radius 3 is 2.24 bits per heavy atom. The highest BCUT2D eigenvalue weighted by Gasteiger charge is 2.46. The van der Waals surface area contributed by atoms with Crippen LogP contribution in [0, 0.1) is 5.92 Å². The number of carbonyl (C=O) groups excluding carboxylic acids is 2. The van der Waals surface area contributed by atoms with Crippen LogP contribution in [-0.2, 0) is 20.9 Å². The molecule has 2 atom stereocenters. The van der Waals surface area contributed by atoms with Gasteiger partial charge in [0.1, 0.15) is 12.1 Å². The van der Waals surface area contributed by atoms with Gasteiger partial charge in [0.15, 0.2) is 0 Å². The molecule has 1 aliphatic carbocycles. The van der Waals surface area contributed by atoms with E-state index < -0.39 is 23.5 Å². The summed E-state index contributed by atoms with van der Waals surface area (Å²) in [5, 5.41) is 15.3. The fraction of sp³-hybridized carbons (Fsp3) is 0.364. The molecule has 0 radical (unpaired) electrons. The molecule has 0 aromatic heterocycles. The molecule has 2 aliphatic rings. The van der Waals surface area contributed by atoms with Crippen LogP contribution in [0.5, 0.6) is 0 Å². The molecule has 214 valence electrons. The van der Waals surface area contributed by atoms with Crippen molar-refractivity contribution in [2.75, 3.05) is 26.2 Å². The predicted molar refractivity (Wildman–Crippen MR) is 156 cm³/mol. The molecule has 0 bridgehead atoms. The van der Waals surface area contributed by atoms with Crippen LogP contribution in [0.2, 0.25) is 0 Å². The van der Waals surface area contributed by atoms with Gasteiger partial charge in [-0.25, -0.2) is 4.79 Å². The number of carboxylic acid groups (broad SMARTS) is 1. The van der Waals surface area contributed by atoms with Gasteiger partial charge in [0, 0.05) is 32.1 Å². The smallest absolute Gasteiger partial charge is 0.408 e. The van der Waals surface area contributed by atoms with E-state index in [1.54, 1.807) is 0 Å². The minimum absolute atomic E-state index is 0.00874. The number of amides is 2. The van der Waals surface area contributed by atoms with Gasteiger partial charge in [0.2, 0.25) is 5.91 Å². The third-order valence-corrected chi connectivity index (χ3v) is 8.21.